The van der Waals surface area contributed by atoms with Crippen LogP contribution in [-0.2, 0) is 22.6 Å². The lowest BCUT2D eigenvalue weighted by molar-refractivity contribution is -0.142. The van der Waals surface area contributed by atoms with E-state index in [0.717, 1.165) is 4.47 Å². The number of nitriles is 1. The van der Waals surface area contributed by atoms with Gasteiger partial charge in [-0.3, -0.25) is 4.79 Å². The number of benzene rings is 1. The molecule has 5 heteroatoms. The van der Waals surface area contributed by atoms with Crippen LogP contribution in [0.2, 0.25) is 0 Å². The maximum absolute atomic E-state index is 11.4. The highest BCUT2D eigenvalue weighted by atomic mass is 79.9. The van der Waals surface area contributed by atoms with Crippen LogP contribution in [0.25, 0.3) is 0 Å². The molecule has 1 aromatic carbocycles. The maximum atomic E-state index is 11.4. The summed E-state index contributed by atoms with van der Waals surface area (Å²) >= 11 is 3.27. The Morgan fingerprint density at radius 1 is 1.53 bits per heavy atom. The van der Waals surface area contributed by atoms with E-state index in [1.165, 1.54) is 0 Å². The number of nitrogens with zero attached hydrogens (tertiary/aromatic N) is 1. The van der Waals surface area contributed by atoms with E-state index in [4.69, 9.17) is 15.1 Å². The molecule has 4 nitrogen and oxygen atoms in total. The molecule has 0 saturated heterocycles. The highest BCUT2D eigenvalue weighted by Gasteiger charge is 2.13. The zero-order chi connectivity index (χ0) is 12.8. The SMILES string of the molecule is CCOC(=O)Cc1cc(Br)cc(CO)c1C#N. The molecule has 1 rings (SSSR count). The van der Waals surface area contributed by atoms with Gasteiger partial charge in [0.1, 0.15) is 0 Å². The molecule has 0 heterocycles. The Kier molecular flexibility index (Phi) is 5.13. The molecule has 0 atom stereocenters. The third-order valence-electron chi connectivity index (χ3n) is 2.19. The van der Waals surface area contributed by atoms with Gasteiger partial charge in [0.15, 0.2) is 0 Å². The number of carbonyl (C=O) groups is 1. The van der Waals surface area contributed by atoms with Crippen molar-refractivity contribution in [3.05, 3.63) is 33.3 Å². The third kappa shape index (κ3) is 3.55. The highest BCUT2D eigenvalue weighted by Crippen LogP contribution is 2.22. The second kappa shape index (κ2) is 6.38. The molecule has 17 heavy (non-hydrogen) atoms. The summed E-state index contributed by atoms with van der Waals surface area (Å²) in [5, 5.41) is 18.2. The van der Waals surface area contributed by atoms with Crippen molar-refractivity contribution in [2.45, 2.75) is 20.0 Å². The summed E-state index contributed by atoms with van der Waals surface area (Å²) in [5.41, 5.74) is 1.40. The minimum absolute atomic E-state index is 0.0309. The smallest absolute Gasteiger partial charge is 0.310 e. The van der Waals surface area contributed by atoms with Gasteiger partial charge in [-0.25, -0.2) is 0 Å². The van der Waals surface area contributed by atoms with Gasteiger partial charge in [-0.05, 0) is 30.2 Å². The minimum atomic E-state index is -0.383. The topological polar surface area (TPSA) is 70.3 Å². The Morgan fingerprint density at radius 2 is 2.18 bits per heavy atom. The molecule has 0 aliphatic heterocycles. The number of rotatable bonds is 4. The van der Waals surface area contributed by atoms with E-state index >= 15 is 0 Å². The zero-order valence-electron chi connectivity index (χ0n) is 9.36. The van der Waals surface area contributed by atoms with Crippen molar-refractivity contribution in [3.8, 4) is 6.07 Å². The Hall–Kier alpha value is -1.38. The average Bonchev–Trinajstić information content (AvgIpc) is 2.28. The second-order valence-electron chi connectivity index (χ2n) is 3.35. The van der Waals surface area contributed by atoms with Crippen molar-refractivity contribution in [2.24, 2.45) is 0 Å². The Bertz CT molecular complexity index is 466. The first-order chi connectivity index (χ1) is 8.12. The maximum Gasteiger partial charge on any atom is 0.310 e. The van der Waals surface area contributed by atoms with Crippen LogP contribution >= 0.6 is 15.9 Å². The van der Waals surface area contributed by atoms with Gasteiger partial charge in [0.25, 0.3) is 0 Å². The first-order valence-corrected chi connectivity index (χ1v) is 5.89. The summed E-state index contributed by atoms with van der Waals surface area (Å²) in [6.07, 6.45) is 0.0309. The third-order valence-corrected chi connectivity index (χ3v) is 2.65. The fourth-order valence-corrected chi connectivity index (χ4v) is 2.05. The van der Waals surface area contributed by atoms with Crippen molar-refractivity contribution in [3.63, 3.8) is 0 Å². The van der Waals surface area contributed by atoms with Crippen LogP contribution in [0.1, 0.15) is 23.6 Å². The fourth-order valence-electron chi connectivity index (χ4n) is 1.50. The quantitative estimate of drug-likeness (QED) is 0.862. The molecule has 0 amide bonds. The van der Waals surface area contributed by atoms with Gasteiger partial charge in [-0.2, -0.15) is 5.26 Å². The number of hydrogen-bond donors (Lipinski definition) is 1. The lowest BCUT2D eigenvalue weighted by atomic mass is 10.0. The Morgan fingerprint density at radius 3 is 2.71 bits per heavy atom. The predicted molar refractivity (Wildman–Crippen MR) is 65.1 cm³/mol. The Balaban J connectivity index is 3.10. The van der Waals surface area contributed by atoms with Gasteiger partial charge in [0.2, 0.25) is 0 Å². The summed E-state index contributed by atoms with van der Waals surface area (Å²) in [6.45, 7) is 1.79. The monoisotopic (exact) mass is 297 g/mol. The molecule has 0 spiro atoms. The van der Waals surface area contributed by atoms with Gasteiger partial charge in [-0.15, -0.1) is 0 Å². The van der Waals surface area contributed by atoms with E-state index in [1.807, 2.05) is 6.07 Å². The van der Waals surface area contributed by atoms with Crippen LogP contribution in [-0.4, -0.2) is 17.7 Å². The zero-order valence-corrected chi connectivity index (χ0v) is 11.0. The normalized spacial score (nSPS) is 9.76. The largest absolute Gasteiger partial charge is 0.466 e. The number of esters is 1. The second-order valence-corrected chi connectivity index (χ2v) is 4.27. The van der Waals surface area contributed by atoms with Crippen LogP contribution in [0, 0.1) is 11.3 Å². The molecule has 1 N–H and O–H groups in total. The van der Waals surface area contributed by atoms with Crippen molar-refractivity contribution in [1.29, 1.82) is 5.26 Å². The predicted octanol–water partition coefficient (Wildman–Crippen LogP) is 1.92. The van der Waals surface area contributed by atoms with Crippen LogP contribution < -0.4 is 0 Å². The van der Waals surface area contributed by atoms with E-state index in [9.17, 15) is 4.79 Å². The van der Waals surface area contributed by atoms with E-state index < -0.39 is 0 Å². The number of aliphatic hydroxyl groups is 1. The summed E-state index contributed by atoms with van der Waals surface area (Å²) in [6, 6.07) is 5.35. The van der Waals surface area contributed by atoms with Gasteiger partial charge in [-0.1, -0.05) is 15.9 Å². The van der Waals surface area contributed by atoms with Crippen molar-refractivity contribution in [2.75, 3.05) is 6.61 Å². The molecule has 0 aliphatic rings. The molecule has 0 radical (unpaired) electrons. The number of hydrogen-bond acceptors (Lipinski definition) is 4. The summed E-state index contributed by atoms with van der Waals surface area (Å²) in [4.78, 5) is 11.4. The van der Waals surface area contributed by atoms with E-state index in [2.05, 4.69) is 15.9 Å². The summed E-state index contributed by atoms with van der Waals surface area (Å²) in [7, 11) is 0. The van der Waals surface area contributed by atoms with Gasteiger partial charge in [0.05, 0.1) is 31.3 Å². The molecule has 0 bridgehead atoms. The lowest BCUT2D eigenvalue weighted by Crippen LogP contribution is -2.09. The number of aliphatic hydroxyl groups excluding tert-OH is 1. The van der Waals surface area contributed by atoms with Crippen LogP contribution in [0.4, 0.5) is 0 Å². The van der Waals surface area contributed by atoms with Gasteiger partial charge in [0, 0.05) is 4.47 Å². The van der Waals surface area contributed by atoms with Crippen LogP contribution in [0.3, 0.4) is 0 Å². The minimum Gasteiger partial charge on any atom is -0.466 e. The first kappa shape index (κ1) is 13.7. The molecular weight excluding hydrogens is 286 g/mol. The molecular formula is C12H12BrNO3. The van der Waals surface area contributed by atoms with Gasteiger partial charge < -0.3 is 9.84 Å². The highest BCUT2D eigenvalue weighted by molar-refractivity contribution is 9.10. The molecule has 0 fully saturated rings. The average molecular weight is 298 g/mol. The molecule has 90 valence electrons. The van der Waals surface area contributed by atoms with E-state index in [0.29, 0.717) is 23.3 Å². The van der Waals surface area contributed by atoms with Crippen molar-refractivity contribution < 1.29 is 14.6 Å². The van der Waals surface area contributed by atoms with Gasteiger partial charge >= 0.3 is 5.97 Å². The number of carbonyl (C=O) groups excluding carboxylic acids is 1. The number of ether oxygens (including phenoxy) is 1. The molecule has 1 aromatic rings. The standard InChI is InChI=1S/C12H12BrNO3/c1-2-17-12(16)5-8-3-10(13)4-9(7-15)11(8)6-14/h3-4,15H,2,5,7H2,1H3. The van der Waals surface area contributed by atoms with E-state index in [1.54, 1.807) is 19.1 Å². The van der Waals surface area contributed by atoms with Crippen molar-refractivity contribution >= 4 is 21.9 Å². The summed E-state index contributed by atoms with van der Waals surface area (Å²) in [5.74, 6) is -0.383. The molecule has 0 unspecified atom stereocenters. The molecule has 0 saturated carbocycles. The Labute approximate surface area is 108 Å². The van der Waals surface area contributed by atoms with Crippen LogP contribution in [0.5, 0.6) is 0 Å². The van der Waals surface area contributed by atoms with Crippen molar-refractivity contribution in [1.82, 2.24) is 0 Å². The summed E-state index contributed by atoms with van der Waals surface area (Å²) < 4.78 is 5.55. The van der Waals surface area contributed by atoms with E-state index in [-0.39, 0.29) is 19.0 Å². The first-order valence-electron chi connectivity index (χ1n) is 5.10. The molecule has 0 aliphatic carbocycles. The number of halogens is 1. The molecule has 0 aromatic heterocycles. The van der Waals surface area contributed by atoms with Crippen LogP contribution in [0.15, 0.2) is 16.6 Å². The fraction of sp³-hybridized carbons (Fsp3) is 0.333. The lowest BCUT2D eigenvalue weighted by Gasteiger charge is -2.08.